The Kier molecular flexibility index (Phi) is 6.20. The first kappa shape index (κ1) is 16.4. The van der Waals surface area contributed by atoms with E-state index in [4.69, 9.17) is 0 Å². The molecule has 1 N–H and O–H groups in total. The van der Waals surface area contributed by atoms with Crippen molar-refractivity contribution in [2.75, 3.05) is 12.3 Å². The molecule has 0 bridgehead atoms. The highest BCUT2D eigenvalue weighted by Gasteiger charge is 2.33. The molecule has 108 valence electrons. The summed E-state index contributed by atoms with van der Waals surface area (Å²) in [7, 11) is 0. The maximum atomic E-state index is 13.0. The number of hydrogen-bond donors (Lipinski definition) is 1. The van der Waals surface area contributed by atoms with Crippen molar-refractivity contribution in [3.05, 3.63) is 29.3 Å². The molecule has 0 atom stereocenters. The zero-order valence-corrected chi connectivity index (χ0v) is 12.3. The average Bonchev–Trinajstić information content (AvgIpc) is 2.33. The van der Waals surface area contributed by atoms with Crippen molar-refractivity contribution in [2.45, 2.75) is 38.4 Å². The molecule has 0 spiro atoms. The van der Waals surface area contributed by atoms with Crippen molar-refractivity contribution in [3.8, 4) is 0 Å². The fourth-order valence-corrected chi connectivity index (χ4v) is 2.57. The van der Waals surface area contributed by atoms with Crippen molar-refractivity contribution in [2.24, 2.45) is 5.92 Å². The minimum Gasteiger partial charge on any atom is -0.313 e. The van der Waals surface area contributed by atoms with Crippen LogP contribution < -0.4 is 5.32 Å². The third-order valence-electron chi connectivity index (χ3n) is 2.50. The van der Waals surface area contributed by atoms with Gasteiger partial charge in [-0.1, -0.05) is 26.8 Å². The van der Waals surface area contributed by atoms with Gasteiger partial charge in [-0.15, -0.1) is 11.8 Å². The van der Waals surface area contributed by atoms with Crippen LogP contribution in [0.25, 0.3) is 0 Å². The van der Waals surface area contributed by atoms with Crippen LogP contribution in [0.5, 0.6) is 0 Å². The van der Waals surface area contributed by atoms with Crippen LogP contribution in [0.3, 0.4) is 0 Å². The van der Waals surface area contributed by atoms with E-state index in [1.165, 1.54) is 17.8 Å². The van der Waals surface area contributed by atoms with E-state index in [0.29, 0.717) is 28.7 Å². The number of halogens is 3. The smallest absolute Gasteiger partial charge is 0.313 e. The van der Waals surface area contributed by atoms with E-state index in [0.717, 1.165) is 6.54 Å². The van der Waals surface area contributed by atoms with Crippen molar-refractivity contribution in [1.29, 1.82) is 0 Å². The Labute approximate surface area is 117 Å². The van der Waals surface area contributed by atoms with Crippen LogP contribution in [-0.4, -0.2) is 12.3 Å². The molecule has 1 rings (SSSR count). The van der Waals surface area contributed by atoms with Crippen LogP contribution in [0, 0.1) is 5.92 Å². The van der Waals surface area contributed by atoms with Gasteiger partial charge in [-0.3, -0.25) is 0 Å². The first-order valence-corrected chi connectivity index (χ1v) is 7.36. The Hall–Kier alpha value is -0.680. The SMILES string of the molecule is CCNCc1ccc(SCC(C)C)c(C(F)(F)F)c1. The number of thioether (sulfide) groups is 1. The topological polar surface area (TPSA) is 12.0 Å². The van der Waals surface area contributed by atoms with Crippen LogP contribution in [0.1, 0.15) is 31.9 Å². The second-order valence-corrected chi connectivity index (χ2v) is 5.88. The van der Waals surface area contributed by atoms with Gasteiger partial charge >= 0.3 is 6.18 Å². The first-order valence-electron chi connectivity index (χ1n) is 6.38. The van der Waals surface area contributed by atoms with Gasteiger partial charge < -0.3 is 5.32 Å². The van der Waals surface area contributed by atoms with E-state index >= 15 is 0 Å². The second-order valence-electron chi connectivity index (χ2n) is 4.81. The molecule has 0 aliphatic heterocycles. The number of rotatable bonds is 6. The zero-order valence-electron chi connectivity index (χ0n) is 11.5. The molecule has 1 nitrogen and oxygen atoms in total. The predicted octanol–water partition coefficient (Wildman–Crippen LogP) is 4.56. The van der Waals surface area contributed by atoms with Gasteiger partial charge in [0.25, 0.3) is 0 Å². The van der Waals surface area contributed by atoms with Gasteiger partial charge in [-0.25, -0.2) is 0 Å². The first-order chi connectivity index (χ1) is 8.84. The lowest BCUT2D eigenvalue weighted by atomic mass is 10.1. The summed E-state index contributed by atoms with van der Waals surface area (Å²) in [6.07, 6.45) is -4.29. The largest absolute Gasteiger partial charge is 0.417 e. The molecular formula is C14H20F3NS. The lowest BCUT2D eigenvalue weighted by Gasteiger charge is -2.15. The monoisotopic (exact) mass is 291 g/mol. The molecule has 1 aromatic carbocycles. The minimum atomic E-state index is -4.29. The molecule has 0 saturated carbocycles. The summed E-state index contributed by atoms with van der Waals surface area (Å²) in [6.45, 7) is 7.14. The van der Waals surface area contributed by atoms with Gasteiger partial charge in [0.2, 0.25) is 0 Å². The van der Waals surface area contributed by atoms with Crippen molar-refractivity contribution >= 4 is 11.8 Å². The van der Waals surface area contributed by atoms with Crippen LogP contribution >= 0.6 is 11.8 Å². The van der Waals surface area contributed by atoms with Gasteiger partial charge in [0.05, 0.1) is 5.56 Å². The quantitative estimate of drug-likeness (QED) is 0.771. The maximum absolute atomic E-state index is 13.0. The molecule has 0 radical (unpaired) electrons. The molecule has 0 aromatic heterocycles. The molecule has 0 fully saturated rings. The summed E-state index contributed by atoms with van der Waals surface area (Å²) in [5.74, 6) is 1.06. The van der Waals surface area contributed by atoms with E-state index in [1.54, 1.807) is 12.1 Å². The normalized spacial score (nSPS) is 12.2. The summed E-state index contributed by atoms with van der Waals surface area (Å²) in [4.78, 5) is 0.321. The zero-order chi connectivity index (χ0) is 14.5. The van der Waals surface area contributed by atoms with E-state index in [1.807, 2.05) is 20.8 Å². The number of nitrogens with one attached hydrogen (secondary N) is 1. The molecule has 0 unspecified atom stereocenters. The molecule has 1 aromatic rings. The van der Waals surface area contributed by atoms with E-state index in [-0.39, 0.29) is 0 Å². The third kappa shape index (κ3) is 5.45. The Bertz CT molecular complexity index is 402. The van der Waals surface area contributed by atoms with Crippen LogP contribution in [0.4, 0.5) is 13.2 Å². The molecule has 0 aliphatic carbocycles. The van der Waals surface area contributed by atoms with Gasteiger partial charge in [-0.2, -0.15) is 13.2 Å². The van der Waals surface area contributed by atoms with Crippen molar-refractivity contribution < 1.29 is 13.2 Å². The van der Waals surface area contributed by atoms with Gasteiger partial charge in [-0.05, 0) is 30.2 Å². The standard InChI is InChI=1S/C14H20F3NS/c1-4-18-8-11-5-6-13(19-9-10(2)3)12(7-11)14(15,16)17/h5-7,10,18H,4,8-9H2,1-3H3. The van der Waals surface area contributed by atoms with Crippen molar-refractivity contribution in [1.82, 2.24) is 5.32 Å². The number of hydrogen-bond acceptors (Lipinski definition) is 2. The maximum Gasteiger partial charge on any atom is 0.417 e. The van der Waals surface area contributed by atoms with Gasteiger partial charge in [0.15, 0.2) is 0 Å². The summed E-state index contributed by atoms with van der Waals surface area (Å²) in [5.41, 5.74) is 0.150. The highest BCUT2D eigenvalue weighted by molar-refractivity contribution is 7.99. The fraction of sp³-hybridized carbons (Fsp3) is 0.571. The molecule has 0 saturated heterocycles. The van der Waals surface area contributed by atoms with E-state index in [9.17, 15) is 13.2 Å². The number of alkyl halides is 3. The van der Waals surface area contributed by atoms with Crippen molar-refractivity contribution in [3.63, 3.8) is 0 Å². The molecule has 5 heteroatoms. The van der Waals surface area contributed by atoms with Crippen LogP contribution in [0.15, 0.2) is 23.1 Å². The van der Waals surface area contributed by atoms with E-state index in [2.05, 4.69) is 5.32 Å². The Morgan fingerprint density at radius 3 is 2.47 bits per heavy atom. The Morgan fingerprint density at radius 2 is 1.95 bits per heavy atom. The molecule has 0 aliphatic rings. The number of benzene rings is 1. The lowest BCUT2D eigenvalue weighted by Crippen LogP contribution is -2.14. The second kappa shape index (κ2) is 7.20. The van der Waals surface area contributed by atoms with E-state index < -0.39 is 11.7 Å². The molecular weight excluding hydrogens is 271 g/mol. The summed E-state index contributed by atoms with van der Waals surface area (Å²) in [6, 6.07) is 4.61. The Morgan fingerprint density at radius 1 is 1.26 bits per heavy atom. The summed E-state index contributed by atoms with van der Waals surface area (Å²) in [5, 5.41) is 3.04. The minimum absolute atomic E-state index is 0.321. The van der Waals surface area contributed by atoms with Gasteiger partial charge in [0, 0.05) is 17.2 Å². The van der Waals surface area contributed by atoms with Crippen LogP contribution in [0.2, 0.25) is 0 Å². The highest BCUT2D eigenvalue weighted by atomic mass is 32.2. The lowest BCUT2D eigenvalue weighted by molar-refractivity contribution is -0.139. The third-order valence-corrected chi connectivity index (χ3v) is 4.00. The summed E-state index contributed by atoms with van der Waals surface area (Å²) < 4.78 is 39.1. The predicted molar refractivity (Wildman–Crippen MR) is 74.4 cm³/mol. The Balaban J connectivity index is 2.96. The highest BCUT2D eigenvalue weighted by Crippen LogP contribution is 2.37. The fourth-order valence-electron chi connectivity index (χ4n) is 1.56. The van der Waals surface area contributed by atoms with Gasteiger partial charge in [0.1, 0.15) is 0 Å². The van der Waals surface area contributed by atoms with Crippen LogP contribution in [-0.2, 0) is 12.7 Å². The molecule has 19 heavy (non-hydrogen) atoms. The average molecular weight is 291 g/mol. The summed E-state index contributed by atoms with van der Waals surface area (Å²) >= 11 is 1.27. The molecule has 0 heterocycles. The molecule has 0 amide bonds.